The van der Waals surface area contributed by atoms with Gasteiger partial charge in [-0.25, -0.2) is 0 Å². The molecule has 0 aromatic carbocycles. The van der Waals surface area contributed by atoms with Crippen molar-refractivity contribution in [1.82, 2.24) is 15.5 Å². The highest BCUT2D eigenvalue weighted by Crippen LogP contribution is 2.57. The number of hydrogen-bond acceptors (Lipinski definition) is 5. The van der Waals surface area contributed by atoms with Gasteiger partial charge in [0.15, 0.2) is 5.82 Å². The van der Waals surface area contributed by atoms with Crippen LogP contribution in [0.4, 0.5) is 0 Å². The molecule has 5 nitrogen and oxygen atoms in total. The maximum atomic E-state index is 5.83. The molecule has 2 unspecified atom stereocenters. The summed E-state index contributed by atoms with van der Waals surface area (Å²) >= 11 is 0. The number of rotatable bonds is 5. The summed E-state index contributed by atoms with van der Waals surface area (Å²) < 4.78 is 10.8. The molecule has 0 radical (unpaired) electrons. The Bertz CT molecular complexity index is 414. The lowest BCUT2D eigenvalue weighted by molar-refractivity contribution is -0.173. The van der Waals surface area contributed by atoms with Gasteiger partial charge in [-0.15, -0.1) is 0 Å². The third-order valence-electron chi connectivity index (χ3n) is 4.51. The Morgan fingerprint density at radius 3 is 2.89 bits per heavy atom. The summed E-state index contributed by atoms with van der Waals surface area (Å²) in [6.07, 6.45) is 5.50. The largest absolute Gasteiger partial charge is 0.378 e. The SMILES string of the molecule is CCOC1CC(NCc2noc(C)n2)C12CCC2. The first-order chi connectivity index (χ1) is 8.74. The van der Waals surface area contributed by atoms with Gasteiger partial charge in [0, 0.05) is 25.0 Å². The first-order valence-corrected chi connectivity index (χ1v) is 6.89. The van der Waals surface area contributed by atoms with Crippen molar-refractivity contribution in [3.63, 3.8) is 0 Å². The predicted octanol–water partition coefficient (Wildman–Crippen LogP) is 1.82. The van der Waals surface area contributed by atoms with Crippen LogP contribution in [-0.4, -0.2) is 28.9 Å². The van der Waals surface area contributed by atoms with Crippen LogP contribution in [0.25, 0.3) is 0 Å². The van der Waals surface area contributed by atoms with E-state index in [0.29, 0.717) is 30.0 Å². The number of aryl methyl sites for hydroxylation is 1. The molecule has 2 saturated carbocycles. The quantitative estimate of drug-likeness (QED) is 0.865. The highest BCUT2D eigenvalue weighted by atomic mass is 16.5. The van der Waals surface area contributed by atoms with Gasteiger partial charge in [0.05, 0.1) is 12.6 Å². The van der Waals surface area contributed by atoms with E-state index in [1.54, 1.807) is 0 Å². The summed E-state index contributed by atoms with van der Waals surface area (Å²) in [5, 5.41) is 7.48. The maximum absolute atomic E-state index is 5.83. The number of nitrogens with one attached hydrogen (secondary N) is 1. The molecule has 2 aliphatic carbocycles. The van der Waals surface area contributed by atoms with Crippen LogP contribution in [-0.2, 0) is 11.3 Å². The van der Waals surface area contributed by atoms with Crippen molar-refractivity contribution in [2.45, 2.75) is 58.2 Å². The monoisotopic (exact) mass is 251 g/mol. The molecule has 1 spiro atoms. The first kappa shape index (κ1) is 12.1. The third kappa shape index (κ3) is 1.86. The van der Waals surface area contributed by atoms with Crippen molar-refractivity contribution in [2.75, 3.05) is 6.61 Å². The second kappa shape index (κ2) is 4.63. The molecule has 2 fully saturated rings. The molecule has 1 N–H and O–H groups in total. The summed E-state index contributed by atoms with van der Waals surface area (Å²) in [5.41, 5.74) is 0.398. The number of hydrogen-bond donors (Lipinski definition) is 1. The topological polar surface area (TPSA) is 60.2 Å². The highest BCUT2D eigenvalue weighted by molar-refractivity contribution is 5.12. The van der Waals surface area contributed by atoms with E-state index in [1.807, 2.05) is 6.92 Å². The Hall–Kier alpha value is -0.940. The lowest BCUT2D eigenvalue weighted by Crippen LogP contribution is -2.66. The van der Waals surface area contributed by atoms with Crippen molar-refractivity contribution < 1.29 is 9.26 Å². The Morgan fingerprint density at radius 1 is 1.50 bits per heavy atom. The molecule has 100 valence electrons. The van der Waals surface area contributed by atoms with Crippen LogP contribution in [0.3, 0.4) is 0 Å². The fourth-order valence-corrected chi connectivity index (χ4v) is 3.35. The van der Waals surface area contributed by atoms with E-state index in [0.717, 1.165) is 18.9 Å². The Morgan fingerprint density at radius 2 is 2.33 bits per heavy atom. The number of nitrogens with zero attached hydrogens (tertiary/aromatic N) is 2. The van der Waals surface area contributed by atoms with E-state index < -0.39 is 0 Å². The minimum atomic E-state index is 0.398. The van der Waals surface area contributed by atoms with Gasteiger partial charge in [0.1, 0.15) is 0 Å². The van der Waals surface area contributed by atoms with Crippen LogP contribution in [0.1, 0.15) is 44.3 Å². The summed E-state index contributed by atoms with van der Waals surface area (Å²) in [6, 6.07) is 0.557. The third-order valence-corrected chi connectivity index (χ3v) is 4.51. The molecule has 18 heavy (non-hydrogen) atoms. The molecule has 0 amide bonds. The second-order valence-corrected chi connectivity index (χ2v) is 5.43. The predicted molar refractivity (Wildman–Crippen MR) is 66.0 cm³/mol. The van der Waals surface area contributed by atoms with E-state index in [-0.39, 0.29) is 0 Å². The van der Waals surface area contributed by atoms with Crippen LogP contribution in [0.15, 0.2) is 4.52 Å². The normalized spacial score (nSPS) is 29.0. The van der Waals surface area contributed by atoms with E-state index in [9.17, 15) is 0 Å². The summed E-state index contributed by atoms with van der Waals surface area (Å²) in [5.74, 6) is 1.38. The first-order valence-electron chi connectivity index (χ1n) is 6.89. The zero-order valence-corrected chi connectivity index (χ0v) is 11.1. The van der Waals surface area contributed by atoms with Gasteiger partial charge < -0.3 is 14.6 Å². The highest BCUT2D eigenvalue weighted by Gasteiger charge is 2.58. The number of ether oxygens (including phenoxy) is 1. The molecular formula is C13H21N3O2. The van der Waals surface area contributed by atoms with Gasteiger partial charge in [-0.1, -0.05) is 11.6 Å². The lowest BCUT2D eigenvalue weighted by atomic mass is 9.51. The van der Waals surface area contributed by atoms with Crippen LogP contribution in [0.2, 0.25) is 0 Å². The van der Waals surface area contributed by atoms with Gasteiger partial charge in [-0.3, -0.25) is 0 Å². The summed E-state index contributed by atoms with van der Waals surface area (Å²) in [6.45, 7) is 5.42. The lowest BCUT2D eigenvalue weighted by Gasteiger charge is -2.61. The van der Waals surface area contributed by atoms with Gasteiger partial charge >= 0.3 is 0 Å². The molecule has 1 aromatic rings. The summed E-state index contributed by atoms with van der Waals surface area (Å²) in [4.78, 5) is 4.22. The van der Waals surface area contributed by atoms with E-state index >= 15 is 0 Å². The van der Waals surface area contributed by atoms with Gasteiger partial charge in [-0.2, -0.15) is 4.98 Å². The standard InChI is InChI=1S/C13H21N3O2/c1-3-17-11-7-10(13(11)5-4-6-13)14-8-12-15-9(2)18-16-12/h10-11,14H,3-8H2,1-2H3. The Labute approximate surface area is 107 Å². The molecule has 0 bridgehead atoms. The fourth-order valence-electron chi connectivity index (χ4n) is 3.35. The molecule has 1 aromatic heterocycles. The van der Waals surface area contributed by atoms with Crippen LogP contribution < -0.4 is 5.32 Å². The molecule has 1 heterocycles. The Kier molecular flexibility index (Phi) is 3.11. The zero-order valence-electron chi connectivity index (χ0n) is 11.1. The average molecular weight is 251 g/mol. The smallest absolute Gasteiger partial charge is 0.223 e. The van der Waals surface area contributed by atoms with Crippen molar-refractivity contribution >= 4 is 0 Å². The van der Waals surface area contributed by atoms with Crippen molar-refractivity contribution in [3.05, 3.63) is 11.7 Å². The van der Waals surface area contributed by atoms with Crippen LogP contribution >= 0.6 is 0 Å². The van der Waals surface area contributed by atoms with Gasteiger partial charge in [0.25, 0.3) is 0 Å². The van der Waals surface area contributed by atoms with Gasteiger partial charge in [0.2, 0.25) is 5.89 Å². The maximum Gasteiger partial charge on any atom is 0.223 e. The molecule has 5 heteroatoms. The molecule has 0 aliphatic heterocycles. The molecule has 2 atom stereocenters. The van der Waals surface area contributed by atoms with Crippen molar-refractivity contribution in [2.24, 2.45) is 5.41 Å². The Balaban J connectivity index is 1.55. The molecular weight excluding hydrogens is 230 g/mol. The minimum Gasteiger partial charge on any atom is -0.378 e. The van der Waals surface area contributed by atoms with Crippen LogP contribution in [0, 0.1) is 12.3 Å². The van der Waals surface area contributed by atoms with E-state index in [4.69, 9.17) is 9.26 Å². The minimum absolute atomic E-state index is 0.398. The average Bonchev–Trinajstić information content (AvgIpc) is 2.66. The second-order valence-electron chi connectivity index (χ2n) is 5.43. The number of aromatic nitrogens is 2. The van der Waals surface area contributed by atoms with Crippen molar-refractivity contribution in [3.8, 4) is 0 Å². The van der Waals surface area contributed by atoms with Gasteiger partial charge in [-0.05, 0) is 26.2 Å². The molecule has 0 saturated heterocycles. The van der Waals surface area contributed by atoms with Crippen molar-refractivity contribution in [1.29, 1.82) is 0 Å². The molecule has 3 rings (SSSR count). The molecule has 2 aliphatic rings. The fraction of sp³-hybridized carbons (Fsp3) is 0.846. The summed E-state index contributed by atoms with van der Waals surface area (Å²) in [7, 11) is 0. The van der Waals surface area contributed by atoms with E-state index in [1.165, 1.54) is 19.3 Å². The van der Waals surface area contributed by atoms with Crippen LogP contribution in [0.5, 0.6) is 0 Å². The zero-order chi connectivity index (χ0) is 12.6. The van der Waals surface area contributed by atoms with E-state index in [2.05, 4.69) is 22.4 Å².